The number of hydrogen-bond acceptors (Lipinski definition) is 2. The third-order valence-corrected chi connectivity index (χ3v) is 5.62. The second-order valence-electron chi connectivity index (χ2n) is 5.69. The number of amides is 1. The van der Waals surface area contributed by atoms with E-state index in [1.54, 1.807) is 11.3 Å². The average molecular weight is 299 g/mol. The molecule has 1 amide bonds. The molecule has 3 heteroatoms. The minimum absolute atomic E-state index is 0.0736. The minimum atomic E-state index is 0.0736. The summed E-state index contributed by atoms with van der Waals surface area (Å²) in [5.74, 6) is 0.0736. The van der Waals surface area contributed by atoms with Gasteiger partial charge in [0, 0.05) is 4.88 Å². The third kappa shape index (κ3) is 2.88. The van der Waals surface area contributed by atoms with Crippen molar-refractivity contribution >= 4 is 17.2 Å². The van der Waals surface area contributed by atoms with E-state index >= 15 is 0 Å². The first-order valence-electron chi connectivity index (χ1n) is 7.67. The summed E-state index contributed by atoms with van der Waals surface area (Å²) in [7, 11) is 0. The summed E-state index contributed by atoms with van der Waals surface area (Å²) < 4.78 is 0. The summed E-state index contributed by atoms with van der Waals surface area (Å²) in [5.41, 5.74) is 3.91. The normalized spacial score (nSPS) is 17.3. The summed E-state index contributed by atoms with van der Waals surface area (Å²) in [6.07, 6.45) is 4.30. The van der Waals surface area contributed by atoms with Gasteiger partial charge < -0.3 is 5.32 Å². The topological polar surface area (TPSA) is 29.1 Å². The van der Waals surface area contributed by atoms with Crippen molar-refractivity contribution in [3.63, 3.8) is 0 Å². The van der Waals surface area contributed by atoms with Crippen LogP contribution in [0.1, 0.15) is 57.0 Å². The fourth-order valence-electron chi connectivity index (χ4n) is 3.12. The molecule has 21 heavy (non-hydrogen) atoms. The van der Waals surface area contributed by atoms with Gasteiger partial charge in [0.2, 0.25) is 0 Å². The van der Waals surface area contributed by atoms with E-state index in [9.17, 15) is 4.79 Å². The highest BCUT2D eigenvalue weighted by atomic mass is 32.1. The van der Waals surface area contributed by atoms with Crippen LogP contribution in [-0.2, 0) is 12.8 Å². The summed E-state index contributed by atoms with van der Waals surface area (Å²) in [6, 6.07) is 10.7. The van der Waals surface area contributed by atoms with Crippen LogP contribution in [0.3, 0.4) is 0 Å². The lowest BCUT2D eigenvalue weighted by Crippen LogP contribution is -2.30. The fourth-order valence-corrected chi connectivity index (χ4v) is 4.13. The fraction of sp³-hybridized carbons (Fsp3) is 0.389. The van der Waals surface area contributed by atoms with E-state index in [0.29, 0.717) is 0 Å². The highest BCUT2D eigenvalue weighted by molar-refractivity contribution is 7.14. The maximum atomic E-state index is 12.5. The number of carbonyl (C=O) groups excluding carboxylic acids is 1. The Kier molecular flexibility index (Phi) is 4.11. The van der Waals surface area contributed by atoms with E-state index in [-0.39, 0.29) is 11.9 Å². The summed E-state index contributed by atoms with van der Waals surface area (Å²) in [5, 5.41) is 3.23. The van der Waals surface area contributed by atoms with Crippen molar-refractivity contribution in [1.82, 2.24) is 5.32 Å². The first-order valence-corrected chi connectivity index (χ1v) is 8.48. The van der Waals surface area contributed by atoms with Gasteiger partial charge >= 0.3 is 0 Å². The molecule has 0 saturated carbocycles. The molecule has 110 valence electrons. The zero-order valence-corrected chi connectivity index (χ0v) is 13.4. The number of carbonyl (C=O) groups is 1. The highest BCUT2D eigenvalue weighted by Crippen LogP contribution is 2.30. The van der Waals surface area contributed by atoms with Crippen molar-refractivity contribution in [1.29, 1.82) is 0 Å². The first kappa shape index (κ1) is 14.3. The molecule has 0 radical (unpaired) electrons. The maximum Gasteiger partial charge on any atom is 0.261 e. The molecule has 0 saturated heterocycles. The lowest BCUT2D eigenvalue weighted by molar-refractivity contribution is 0.0937. The van der Waals surface area contributed by atoms with Crippen molar-refractivity contribution in [2.24, 2.45) is 0 Å². The van der Waals surface area contributed by atoms with E-state index in [0.717, 1.165) is 30.6 Å². The Morgan fingerprint density at radius 3 is 2.95 bits per heavy atom. The maximum absolute atomic E-state index is 12.5. The van der Waals surface area contributed by atoms with E-state index in [1.165, 1.54) is 21.6 Å². The van der Waals surface area contributed by atoms with Crippen molar-refractivity contribution in [3.05, 3.63) is 56.8 Å². The van der Waals surface area contributed by atoms with Crippen LogP contribution in [0.15, 0.2) is 30.3 Å². The summed E-state index contributed by atoms with van der Waals surface area (Å²) >= 11 is 1.63. The molecular weight excluding hydrogens is 278 g/mol. The molecule has 1 heterocycles. The molecule has 0 bridgehead atoms. The average Bonchev–Trinajstić information content (AvgIpc) is 2.89. The molecule has 1 atom stereocenters. The Hall–Kier alpha value is -1.61. The quantitative estimate of drug-likeness (QED) is 0.892. The standard InChI is InChI=1S/C18H21NOS/c1-3-16-12(2)11-17(21-16)18(20)19-15-10-6-8-13-7-4-5-9-14(13)15/h4-5,7,9,11,15H,3,6,8,10H2,1-2H3,(H,19,20)/t15-/m0/s1. The van der Waals surface area contributed by atoms with Gasteiger partial charge in [0.05, 0.1) is 10.9 Å². The predicted octanol–water partition coefficient (Wildman–Crippen LogP) is 4.43. The van der Waals surface area contributed by atoms with E-state index in [4.69, 9.17) is 0 Å². The van der Waals surface area contributed by atoms with Crippen LogP contribution in [0.4, 0.5) is 0 Å². The summed E-state index contributed by atoms with van der Waals surface area (Å²) in [4.78, 5) is 14.7. The Labute approximate surface area is 130 Å². The molecule has 3 rings (SSSR count). The van der Waals surface area contributed by atoms with Gasteiger partial charge in [0.25, 0.3) is 5.91 Å². The second-order valence-corrected chi connectivity index (χ2v) is 6.82. The molecule has 0 fully saturated rings. The van der Waals surface area contributed by atoms with Crippen molar-refractivity contribution in [3.8, 4) is 0 Å². The number of benzene rings is 1. The molecule has 1 aliphatic rings. The van der Waals surface area contributed by atoms with Crippen molar-refractivity contribution in [2.45, 2.75) is 45.6 Å². The number of fused-ring (bicyclic) bond motifs is 1. The van der Waals surface area contributed by atoms with Crippen LogP contribution in [0, 0.1) is 6.92 Å². The van der Waals surface area contributed by atoms with Crippen LogP contribution < -0.4 is 5.32 Å². The molecule has 0 unspecified atom stereocenters. The van der Waals surface area contributed by atoms with Gasteiger partial charge in [-0.05, 0) is 55.4 Å². The van der Waals surface area contributed by atoms with Gasteiger partial charge in [-0.15, -0.1) is 11.3 Å². The Balaban J connectivity index is 1.79. The minimum Gasteiger partial charge on any atom is -0.345 e. The van der Waals surface area contributed by atoms with E-state index in [2.05, 4.69) is 43.4 Å². The van der Waals surface area contributed by atoms with Crippen molar-refractivity contribution in [2.75, 3.05) is 0 Å². The van der Waals surface area contributed by atoms with Crippen LogP contribution in [0.2, 0.25) is 0 Å². The predicted molar refractivity (Wildman–Crippen MR) is 88.0 cm³/mol. The van der Waals surface area contributed by atoms with Crippen LogP contribution in [0.25, 0.3) is 0 Å². The number of hydrogen-bond donors (Lipinski definition) is 1. The van der Waals surface area contributed by atoms with Crippen LogP contribution >= 0.6 is 11.3 Å². The zero-order chi connectivity index (χ0) is 14.8. The molecule has 2 nitrogen and oxygen atoms in total. The van der Waals surface area contributed by atoms with Crippen LogP contribution in [0.5, 0.6) is 0 Å². The number of nitrogens with one attached hydrogen (secondary N) is 1. The molecule has 0 aliphatic heterocycles. The molecule has 0 spiro atoms. The first-order chi connectivity index (χ1) is 10.2. The SMILES string of the molecule is CCc1sc(C(=O)N[C@H]2CCCc3ccccc32)cc1C. The Bertz CT molecular complexity index is 659. The van der Waals surface area contributed by atoms with E-state index < -0.39 is 0 Å². The van der Waals surface area contributed by atoms with Crippen LogP contribution in [-0.4, -0.2) is 5.91 Å². The third-order valence-electron chi connectivity index (χ3n) is 4.24. The number of rotatable bonds is 3. The molecule has 2 aromatic rings. The van der Waals surface area contributed by atoms with Gasteiger partial charge in [-0.3, -0.25) is 4.79 Å². The van der Waals surface area contributed by atoms with Gasteiger partial charge in [-0.25, -0.2) is 0 Å². The van der Waals surface area contributed by atoms with Gasteiger partial charge in [-0.2, -0.15) is 0 Å². The number of aryl methyl sites for hydroxylation is 3. The molecule has 1 aromatic carbocycles. The summed E-state index contributed by atoms with van der Waals surface area (Å²) in [6.45, 7) is 4.22. The second kappa shape index (κ2) is 6.02. The molecule has 1 aliphatic carbocycles. The Morgan fingerprint density at radius 1 is 1.38 bits per heavy atom. The Morgan fingerprint density at radius 2 is 2.19 bits per heavy atom. The van der Waals surface area contributed by atoms with Gasteiger partial charge in [-0.1, -0.05) is 31.2 Å². The van der Waals surface area contributed by atoms with Crippen molar-refractivity contribution < 1.29 is 4.79 Å². The molecular formula is C18H21NOS. The van der Waals surface area contributed by atoms with Gasteiger partial charge in [0.1, 0.15) is 0 Å². The lowest BCUT2D eigenvalue weighted by Gasteiger charge is -2.26. The highest BCUT2D eigenvalue weighted by Gasteiger charge is 2.22. The van der Waals surface area contributed by atoms with E-state index in [1.807, 2.05) is 6.07 Å². The monoisotopic (exact) mass is 299 g/mol. The number of thiophene rings is 1. The largest absolute Gasteiger partial charge is 0.345 e. The zero-order valence-electron chi connectivity index (χ0n) is 12.6. The molecule has 1 N–H and O–H groups in total. The lowest BCUT2D eigenvalue weighted by atomic mass is 9.88. The molecule has 1 aromatic heterocycles. The van der Waals surface area contributed by atoms with Gasteiger partial charge in [0.15, 0.2) is 0 Å². The smallest absolute Gasteiger partial charge is 0.261 e.